The van der Waals surface area contributed by atoms with Crippen molar-refractivity contribution in [3.05, 3.63) is 71.8 Å². The Bertz CT molecular complexity index is 589. The molecule has 0 aliphatic rings. The average molecular weight is 343 g/mol. The van der Waals surface area contributed by atoms with E-state index in [9.17, 15) is 9.90 Å². The summed E-state index contributed by atoms with van der Waals surface area (Å²) in [5.74, 6) is 1.28. The highest BCUT2D eigenvalue weighted by atomic mass is 32.2. The van der Waals surface area contributed by atoms with Crippen LogP contribution in [0.1, 0.15) is 24.0 Å². The fourth-order valence-electron chi connectivity index (χ4n) is 2.48. The Kier molecular flexibility index (Phi) is 8.42. The molecule has 2 aromatic carbocycles. The highest BCUT2D eigenvalue weighted by Gasteiger charge is 2.15. The van der Waals surface area contributed by atoms with Gasteiger partial charge in [-0.3, -0.25) is 4.79 Å². The van der Waals surface area contributed by atoms with Crippen LogP contribution in [0.15, 0.2) is 60.7 Å². The molecule has 0 aromatic heterocycles. The fraction of sp³-hybridized carbons (Fsp3) is 0.350. The van der Waals surface area contributed by atoms with Gasteiger partial charge in [0.1, 0.15) is 6.04 Å². The number of hydrogen-bond acceptors (Lipinski definition) is 3. The summed E-state index contributed by atoms with van der Waals surface area (Å²) in [7, 11) is 0. The van der Waals surface area contributed by atoms with Gasteiger partial charge in [0.25, 0.3) is 0 Å². The Balaban J connectivity index is 1.60. The summed E-state index contributed by atoms with van der Waals surface area (Å²) >= 11 is 1.89. The number of hydrogen-bond donors (Lipinski definition) is 2. The van der Waals surface area contributed by atoms with Crippen LogP contribution in [0.3, 0.4) is 0 Å². The maximum atomic E-state index is 11.4. The molecule has 4 heteroatoms. The zero-order valence-electron chi connectivity index (χ0n) is 13.9. The van der Waals surface area contributed by atoms with E-state index >= 15 is 0 Å². The van der Waals surface area contributed by atoms with Crippen molar-refractivity contribution in [1.82, 2.24) is 5.32 Å². The van der Waals surface area contributed by atoms with E-state index < -0.39 is 12.0 Å². The van der Waals surface area contributed by atoms with Gasteiger partial charge in [-0.2, -0.15) is 11.8 Å². The Hall–Kier alpha value is -1.78. The molecular weight excluding hydrogens is 318 g/mol. The molecule has 0 spiro atoms. The average Bonchev–Trinajstić information content (AvgIpc) is 2.62. The molecule has 0 aliphatic heterocycles. The number of aryl methyl sites for hydroxylation is 1. The minimum Gasteiger partial charge on any atom is -0.480 e. The number of aliphatic carboxylic acids is 1. The van der Waals surface area contributed by atoms with Crippen molar-refractivity contribution >= 4 is 17.7 Å². The van der Waals surface area contributed by atoms with Crippen LogP contribution in [0.5, 0.6) is 0 Å². The molecule has 0 amide bonds. The number of carboxylic acids is 1. The van der Waals surface area contributed by atoms with Crippen molar-refractivity contribution in [2.24, 2.45) is 0 Å². The first-order valence-corrected chi connectivity index (χ1v) is 9.53. The number of carboxylic acid groups (broad SMARTS) is 1. The number of rotatable bonds is 11. The lowest BCUT2D eigenvalue weighted by Crippen LogP contribution is -2.37. The third-order valence-electron chi connectivity index (χ3n) is 3.83. The van der Waals surface area contributed by atoms with Crippen molar-refractivity contribution in [3.63, 3.8) is 0 Å². The van der Waals surface area contributed by atoms with Gasteiger partial charge >= 0.3 is 5.97 Å². The topological polar surface area (TPSA) is 49.3 Å². The molecule has 2 N–H and O–H groups in total. The molecule has 0 unspecified atom stereocenters. The van der Waals surface area contributed by atoms with Crippen LogP contribution in [0, 0.1) is 0 Å². The maximum absolute atomic E-state index is 11.4. The van der Waals surface area contributed by atoms with Gasteiger partial charge in [0.2, 0.25) is 0 Å². The van der Waals surface area contributed by atoms with Crippen molar-refractivity contribution in [2.75, 3.05) is 12.3 Å². The summed E-state index contributed by atoms with van der Waals surface area (Å²) in [6.45, 7) is 0.744. The molecule has 0 heterocycles. The van der Waals surface area contributed by atoms with Crippen LogP contribution >= 0.6 is 11.8 Å². The van der Waals surface area contributed by atoms with E-state index in [0.29, 0.717) is 6.42 Å². The van der Waals surface area contributed by atoms with E-state index in [1.165, 1.54) is 11.1 Å². The number of nitrogens with one attached hydrogen (secondary N) is 1. The molecule has 2 rings (SSSR count). The van der Waals surface area contributed by atoms with Crippen molar-refractivity contribution in [3.8, 4) is 0 Å². The third kappa shape index (κ3) is 7.20. The number of thioether (sulfide) groups is 1. The first-order chi connectivity index (χ1) is 11.8. The predicted octanol–water partition coefficient (Wildman–Crippen LogP) is 3.99. The van der Waals surface area contributed by atoms with Gasteiger partial charge < -0.3 is 10.4 Å². The Morgan fingerprint density at radius 3 is 2.25 bits per heavy atom. The summed E-state index contributed by atoms with van der Waals surface area (Å²) in [5.41, 5.74) is 2.52. The molecule has 0 bridgehead atoms. The Labute approximate surface area is 148 Å². The smallest absolute Gasteiger partial charge is 0.320 e. The lowest BCUT2D eigenvalue weighted by atomic mass is 10.1. The largest absolute Gasteiger partial charge is 0.480 e. The van der Waals surface area contributed by atoms with Crippen LogP contribution in [-0.4, -0.2) is 29.4 Å². The molecule has 2 aromatic rings. The van der Waals surface area contributed by atoms with Crippen molar-refractivity contribution < 1.29 is 9.90 Å². The molecule has 24 heavy (non-hydrogen) atoms. The summed E-state index contributed by atoms with van der Waals surface area (Å²) < 4.78 is 0. The Morgan fingerprint density at radius 1 is 1.00 bits per heavy atom. The van der Waals surface area contributed by atoms with E-state index in [1.54, 1.807) is 0 Å². The SMILES string of the molecule is O=C(O)[C@H](CCc1ccccc1)NCCCSCc1ccccc1. The van der Waals surface area contributed by atoms with E-state index in [4.69, 9.17) is 0 Å². The molecule has 0 saturated heterocycles. The molecule has 128 valence electrons. The standard InChI is InChI=1S/C20H25NO2S/c22-20(23)19(13-12-17-8-3-1-4-9-17)21-14-7-15-24-16-18-10-5-2-6-11-18/h1-6,8-11,19,21H,7,12-16H2,(H,22,23)/t19-/m0/s1. The van der Waals surface area contributed by atoms with E-state index in [2.05, 4.69) is 29.6 Å². The summed E-state index contributed by atoms with van der Waals surface area (Å²) in [4.78, 5) is 11.4. The van der Waals surface area contributed by atoms with Gasteiger partial charge in [0.05, 0.1) is 0 Å². The van der Waals surface area contributed by atoms with Gasteiger partial charge in [-0.25, -0.2) is 0 Å². The first kappa shape index (κ1) is 18.6. The highest BCUT2D eigenvalue weighted by Crippen LogP contribution is 2.12. The Morgan fingerprint density at radius 2 is 1.62 bits per heavy atom. The van der Waals surface area contributed by atoms with Gasteiger partial charge in [-0.1, -0.05) is 60.7 Å². The number of benzene rings is 2. The van der Waals surface area contributed by atoms with Crippen LogP contribution in [0.2, 0.25) is 0 Å². The van der Waals surface area contributed by atoms with E-state index in [1.807, 2.05) is 48.2 Å². The second-order valence-corrected chi connectivity index (χ2v) is 6.87. The second-order valence-electron chi connectivity index (χ2n) is 5.76. The summed E-state index contributed by atoms with van der Waals surface area (Å²) in [6.07, 6.45) is 2.39. The van der Waals surface area contributed by atoms with Gasteiger partial charge in [-0.15, -0.1) is 0 Å². The van der Waals surface area contributed by atoms with Crippen LogP contribution in [-0.2, 0) is 17.0 Å². The maximum Gasteiger partial charge on any atom is 0.320 e. The zero-order valence-corrected chi connectivity index (χ0v) is 14.7. The van der Waals surface area contributed by atoms with Crippen LogP contribution < -0.4 is 5.32 Å². The molecule has 3 nitrogen and oxygen atoms in total. The van der Waals surface area contributed by atoms with Gasteiger partial charge in [-0.05, 0) is 42.7 Å². The van der Waals surface area contributed by atoms with E-state index in [-0.39, 0.29) is 0 Å². The molecular formula is C20H25NO2S. The van der Waals surface area contributed by atoms with Crippen molar-refractivity contribution in [2.45, 2.75) is 31.1 Å². The molecule has 0 radical (unpaired) electrons. The quantitative estimate of drug-likeness (QED) is 0.606. The van der Waals surface area contributed by atoms with Gasteiger partial charge in [0, 0.05) is 5.75 Å². The summed E-state index contributed by atoms with van der Waals surface area (Å²) in [5, 5.41) is 12.5. The predicted molar refractivity (Wildman–Crippen MR) is 101 cm³/mol. The summed E-state index contributed by atoms with van der Waals surface area (Å²) in [6, 6.07) is 20.0. The van der Waals surface area contributed by atoms with Crippen LogP contribution in [0.25, 0.3) is 0 Å². The molecule has 0 saturated carbocycles. The lowest BCUT2D eigenvalue weighted by Gasteiger charge is -2.14. The number of carbonyl (C=O) groups is 1. The molecule has 0 fully saturated rings. The molecule has 0 aliphatic carbocycles. The van der Waals surface area contributed by atoms with Crippen LogP contribution in [0.4, 0.5) is 0 Å². The molecule has 1 atom stereocenters. The highest BCUT2D eigenvalue weighted by molar-refractivity contribution is 7.98. The van der Waals surface area contributed by atoms with E-state index in [0.717, 1.165) is 30.9 Å². The normalized spacial score (nSPS) is 12.0. The van der Waals surface area contributed by atoms with Crippen molar-refractivity contribution in [1.29, 1.82) is 0 Å². The first-order valence-electron chi connectivity index (χ1n) is 8.37. The van der Waals surface area contributed by atoms with Gasteiger partial charge in [0.15, 0.2) is 0 Å². The third-order valence-corrected chi connectivity index (χ3v) is 4.95. The monoisotopic (exact) mass is 343 g/mol. The lowest BCUT2D eigenvalue weighted by molar-refractivity contribution is -0.139. The minimum absolute atomic E-state index is 0.468. The fourth-order valence-corrected chi connectivity index (χ4v) is 3.40. The zero-order chi connectivity index (χ0) is 17.0. The minimum atomic E-state index is -0.761. The second kappa shape index (κ2) is 10.9.